The third-order valence-corrected chi connectivity index (χ3v) is 4.93. The highest BCUT2D eigenvalue weighted by molar-refractivity contribution is 6.12. The number of halogens is 1. The molecule has 3 aromatic rings. The third-order valence-electron chi connectivity index (χ3n) is 4.93. The normalized spacial score (nSPS) is 16.0. The van der Waals surface area contributed by atoms with Crippen molar-refractivity contribution in [3.63, 3.8) is 0 Å². The van der Waals surface area contributed by atoms with Crippen LogP contribution < -0.4 is 10.3 Å². The van der Waals surface area contributed by atoms with Crippen LogP contribution in [0.5, 0.6) is 5.75 Å². The SMILES string of the molecule is C=C(/N=C(\C=C/C)c1c(-c2ccc(F)cc2)c(=O)n2n1CC(O)C2)Oc1ccccc1. The molecule has 0 bridgehead atoms. The highest BCUT2D eigenvalue weighted by Crippen LogP contribution is 2.26. The lowest BCUT2D eigenvalue weighted by Gasteiger charge is -2.11. The molecule has 4 rings (SSSR count). The highest BCUT2D eigenvalue weighted by atomic mass is 19.1. The predicted molar refractivity (Wildman–Crippen MR) is 118 cm³/mol. The van der Waals surface area contributed by atoms with Crippen molar-refractivity contribution in [2.24, 2.45) is 4.99 Å². The minimum absolute atomic E-state index is 0.149. The Balaban J connectivity index is 1.85. The summed E-state index contributed by atoms with van der Waals surface area (Å²) in [5, 5.41) is 10.1. The number of hydrogen-bond acceptors (Lipinski definition) is 4. The molecule has 1 unspecified atom stereocenters. The molecule has 0 aliphatic carbocycles. The maximum absolute atomic E-state index is 13.5. The van der Waals surface area contributed by atoms with E-state index in [1.54, 1.807) is 41.1 Å². The molecule has 1 aliphatic rings. The molecule has 2 aromatic carbocycles. The summed E-state index contributed by atoms with van der Waals surface area (Å²) >= 11 is 0. The van der Waals surface area contributed by atoms with E-state index in [-0.39, 0.29) is 30.3 Å². The second kappa shape index (κ2) is 8.57. The molecule has 1 atom stereocenters. The highest BCUT2D eigenvalue weighted by Gasteiger charge is 2.30. The van der Waals surface area contributed by atoms with E-state index in [0.29, 0.717) is 28.3 Å². The van der Waals surface area contributed by atoms with Gasteiger partial charge in [0.05, 0.1) is 36.2 Å². The number of ether oxygens (including phenoxy) is 1. The molecule has 0 amide bonds. The summed E-state index contributed by atoms with van der Waals surface area (Å²) in [5.41, 5.74) is 1.65. The first-order chi connectivity index (χ1) is 15.0. The zero-order valence-corrected chi connectivity index (χ0v) is 17.0. The number of hydrogen-bond donors (Lipinski definition) is 1. The summed E-state index contributed by atoms with van der Waals surface area (Å²) in [4.78, 5) is 17.7. The van der Waals surface area contributed by atoms with E-state index in [9.17, 15) is 14.3 Å². The van der Waals surface area contributed by atoms with Crippen molar-refractivity contribution >= 4 is 5.71 Å². The Morgan fingerprint density at radius 3 is 2.52 bits per heavy atom. The minimum atomic E-state index is -0.677. The van der Waals surface area contributed by atoms with Crippen LogP contribution >= 0.6 is 0 Å². The maximum atomic E-state index is 13.5. The van der Waals surface area contributed by atoms with Crippen molar-refractivity contribution < 1.29 is 14.2 Å². The molecular formula is C24H22FN3O3. The Morgan fingerprint density at radius 1 is 1.16 bits per heavy atom. The first kappa shape index (κ1) is 20.6. The van der Waals surface area contributed by atoms with Crippen LogP contribution in [0.25, 0.3) is 11.1 Å². The van der Waals surface area contributed by atoms with E-state index in [1.807, 2.05) is 25.1 Å². The molecular weight excluding hydrogens is 397 g/mol. The molecule has 31 heavy (non-hydrogen) atoms. The molecule has 158 valence electrons. The number of rotatable bonds is 6. The Kier molecular flexibility index (Phi) is 5.68. The number of aliphatic imine (C=N–C) groups is 1. The van der Waals surface area contributed by atoms with Crippen LogP contribution in [0.3, 0.4) is 0 Å². The van der Waals surface area contributed by atoms with E-state index in [2.05, 4.69) is 11.6 Å². The lowest BCUT2D eigenvalue weighted by molar-refractivity contribution is 0.170. The number of aliphatic hydroxyl groups is 1. The minimum Gasteiger partial charge on any atom is -0.440 e. The largest absolute Gasteiger partial charge is 0.440 e. The lowest BCUT2D eigenvalue weighted by Crippen LogP contribution is -2.19. The first-order valence-electron chi connectivity index (χ1n) is 9.89. The van der Waals surface area contributed by atoms with Crippen LogP contribution in [0.1, 0.15) is 12.6 Å². The van der Waals surface area contributed by atoms with E-state index >= 15 is 0 Å². The van der Waals surface area contributed by atoms with Gasteiger partial charge in [0.25, 0.3) is 5.56 Å². The van der Waals surface area contributed by atoms with Gasteiger partial charge in [-0.05, 0) is 49.4 Å². The zero-order valence-electron chi connectivity index (χ0n) is 17.0. The van der Waals surface area contributed by atoms with Crippen molar-refractivity contribution in [3.05, 3.63) is 101 Å². The lowest BCUT2D eigenvalue weighted by atomic mass is 10.0. The second-order valence-corrected chi connectivity index (χ2v) is 7.16. The monoisotopic (exact) mass is 419 g/mol. The Labute approximate surface area is 178 Å². The van der Waals surface area contributed by atoms with E-state index in [0.717, 1.165) is 0 Å². The van der Waals surface area contributed by atoms with Gasteiger partial charge in [-0.2, -0.15) is 0 Å². The van der Waals surface area contributed by atoms with Crippen molar-refractivity contribution in [2.45, 2.75) is 26.1 Å². The molecule has 7 heteroatoms. The zero-order chi connectivity index (χ0) is 22.0. The number of benzene rings is 2. The molecule has 0 saturated carbocycles. The number of fused-ring (bicyclic) bond motifs is 1. The van der Waals surface area contributed by atoms with E-state index in [4.69, 9.17) is 4.74 Å². The summed E-state index contributed by atoms with van der Waals surface area (Å²) in [5.74, 6) is 0.347. The van der Waals surface area contributed by atoms with Crippen LogP contribution in [0.2, 0.25) is 0 Å². The van der Waals surface area contributed by atoms with Crippen LogP contribution in [0, 0.1) is 5.82 Å². The molecule has 2 heterocycles. The van der Waals surface area contributed by atoms with Crippen molar-refractivity contribution in [1.29, 1.82) is 0 Å². The second-order valence-electron chi connectivity index (χ2n) is 7.16. The maximum Gasteiger partial charge on any atom is 0.275 e. The van der Waals surface area contributed by atoms with Crippen LogP contribution in [-0.4, -0.2) is 26.3 Å². The van der Waals surface area contributed by atoms with Gasteiger partial charge in [0.2, 0.25) is 5.88 Å². The quantitative estimate of drug-likeness (QED) is 0.489. The molecule has 0 radical (unpaired) electrons. The average molecular weight is 419 g/mol. The number of aromatic nitrogens is 2. The van der Waals surface area contributed by atoms with Crippen LogP contribution in [0.15, 0.2) is 89.0 Å². The Hall–Kier alpha value is -3.71. The molecule has 0 fully saturated rings. The summed E-state index contributed by atoms with van der Waals surface area (Å²) in [6.07, 6.45) is 2.87. The molecule has 0 saturated heterocycles. The van der Waals surface area contributed by atoms with Gasteiger partial charge in [-0.25, -0.2) is 14.1 Å². The molecule has 1 aliphatic heterocycles. The number of nitrogens with zero attached hydrogens (tertiary/aromatic N) is 3. The number of allylic oxidation sites excluding steroid dienone is 2. The topological polar surface area (TPSA) is 68.8 Å². The van der Waals surface area contributed by atoms with Gasteiger partial charge >= 0.3 is 0 Å². The van der Waals surface area contributed by atoms with Crippen molar-refractivity contribution in [2.75, 3.05) is 0 Å². The standard InChI is InChI=1S/C24H22FN3O3/c1-3-7-21(26-16(2)31-20-8-5-4-6-9-20)23-22(17-10-12-18(25)13-11-17)24(30)28-15-19(29)14-27(23)28/h3-13,19,29H,2,14-15H2,1H3/b7-3-,26-21+. The average Bonchev–Trinajstić information content (AvgIpc) is 3.25. The molecule has 1 aromatic heterocycles. The third kappa shape index (κ3) is 4.13. The van der Waals surface area contributed by atoms with Gasteiger partial charge in [-0.15, -0.1) is 0 Å². The fourth-order valence-electron chi connectivity index (χ4n) is 3.66. The van der Waals surface area contributed by atoms with Crippen LogP contribution in [-0.2, 0) is 13.1 Å². The fourth-order valence-corrected chi connectivity index (χ4v) is 3.66. The van der Waals surface area contributed by atoms with Gasteiger partial charge in [0.1, 0.15) is 11.6 Å². The van der Waals surface area contributed by atoms with Gasteiger partial charge in [0.15, 0.2) is 0 Å². The van der Waals surface area contributed by atoms with Crippen molar-refractivity contribution in [3.8, 4) is 16.9 Å². The summed E-state index contributed by atoms with van der Waals surface area (Å²) in [6.45, 7) is 6.15. The van der Waals surface area contributed by atoms with Crippen molar-refractivity contribution in [1.82, 2.24) is 9.36 Å². The van der Waals surface area contributed by atoms with Crippen LogP contribution in [0.4, 0.5) is 4.39 Å². The van der Waals surface area contributed by atoms with Gasteiger partial charge < -0.3 is 9.84 Å². The van der Waals surface area contributed by atoms with E-state index < -0.39 is 6.10 Å². The number of aliphatic hydroxyl groups excluding tert-OH is 1. The Morgan fingerprint density at radius 2 is 1.84 bits per heavy atom. The Bertz CT molecular complexity index is 1220. The first-order valence-corrected chi connectivity index (χ1v) is 9.89. The molecule has 6 nitrogen and oxygen atoms in total. The van der Waals surface area contributed by atoms with Gasteiger partial charge in [-0.1, -0.05) is 36.4 Å². The summed E-state index contributed by atoms with van der Waals surface area (Å²) in [7, 11) is 0. The fraction of sp³-hybridized carbons (Fsp3) is 0.167. The smallest absolute Gasteiger partial charge is 0.275 e. The summed E-state index contributed by atoms with van der Waals surface area (Å²) < 4.78 is 22.4. The molecule has 1 N–H and O–H groups in total. The van der Waals surface area contributed by atoms with E-state index in [1.165, 1.54) is 16.8 Å². The summed E-state index contributed by atoms with van der Waals surface area (Å²) in [6, 6.07) is 14.9. The van der Waals surface area contributed by atoms with Gasteiger partial charge in [0, 0.05) is 0 Å². The van der Waals surface area contributed by atoms with Gasteiger partial charge in [-0.3, -0.25) is 9.48 Å². The molecule has 0 spiro atoms. The number of para-hydroxylation sites is 1. The predicted octanol–water partition coefficient (Wildman–Crippen LogP) is 3.75.